The van der Waals surface area contributed by atoms with Gasteiger partial charge in [-0.1, -0.05) is 12.8 Å². The van der Waals surface area contributed by atoms with Crippen LogP contribution in [0, 0.1) is 5.41 Å². The first-order chi connectivity index (χ1) is 13.9. The van der Waals surface area contributed by atoms with Gasteiger partial charge >= 0.3 is 11.9 Å². The Bertz CT molecular complexity index is 725. The lowest BCUT2D eigenvalue weighted by Gasteiger charge is -2.41. The van der Waals surface area contributed by atoms with E-state index in [-0.39, 0.29) is 17.3 Å². The summed E-state index contributed by atoms with van der Waals surface area (Å²) >= 11 is 1.60. The lowest BCUT2D eigenvalue weighted by Crippen LogP contribution is -2.70. The minimum Gasteiger partial charge on any atom is -0.427 e. The van der Waals surface area contributed by atoms with E-state index in [1.165, 1.54) is 12.8 Å². The summed E-state index contributed by atoms with van der Waals surface area (Å²) in [6.45, 7) is 14.6. The number of ether oxygens (including phenoxy) is 2. The number of hydrogen-bond acceptors (Lipinski definition) is 7. The molecule has 3 aliphatic rings. The maximum absolute atomic E-state index is 13.0. The predicted molar refractivity (Wildman–Crippen MR) is 114 cm³/mol. The summed E-state index contributed by atoms with van der Waals surface area (Å²) in [6.07, 6.45) is 4.60. The van der Waals surface area contributed by atoms with Crippen LogP contribution in [0.4, 0.5) is 0 Å². The van der Waals surface area contributed by atoms with Crippen LogP contribution in [0.1, 0.15) is 60.3 Å². The van der Waals surface area contributed by atoms with Crippen molar-refractivity contribution >= 4 is 36.3 Å². The molecule has 0 saturated carbocycles. The first-order valence-electron chi connectivity index (χ1n) is 10.6. The van der Waals surface area contributed by atoms with Gasteiger partial charge in [0, 0.05) is 4.75 Å². The first kappa shape index (κ1) is 22.9. The Morgan fingerprint density at radius 2 is 1.77 bits per heavy atom. The Morgan fingerprint density at radius 1 is 1.17 bits per heavy atom. The summed E-state index contributed by atoms with van der Waals surface area (Å²) in [5.41, 5.74) is -0.675. The molecule has 0 aromatic rings. The minimum absolute atomic E-state index is 0.106. The van der Waals surface area contributed by atoms with Gasteiger partial charge in [0.15, 0.2) is 12.1 Å². The number of hydrogen-bond donors (Lipinski definition) is 0. The molecule has 0 unspecified atom stereocenters. The number of rotatable bonds is 5. The van der Waals surface area contributed by atoms with Gasteiger partial charge in [0.1, 0.15) is 6.04 Å². The van der Waals surface area contributed by atoms with Crippen LogP contribution in [0.15, 0.2) is 0 Å². The lowest BCUT2D eigenvalue weighted by atomic mass is 9.96. The average Bonchev–Trinajstić information content (AvgIpc) is 2.82. The fourth-order valence-corrected chi connectivity index (χ4v) is 5.86. The van der Waals surface area contributed by atoms with E-state index < -0.39 is 34.9 Å². The van der Waals surface area contributed by atoms with E-state index in [1.807, 2.05) is 18.5 Å². The van der Waals surface area contributed by atoms with Gasteiger partial charge in [-0.3, -0.25) is 9.59 Å². The average molecular weight is 441 g/mol. The van der Waals surface area contributed by atoms with Gasteiger partial charge in [-0.2, -0.15) is 5.01 Å². The summed E-state index contributed by atoms with van der Waals surface area (Å²) in [6, 6.07) is -1.09. The van der Waals surface area contributed by atoms with Crippen LogP contribution >= 0.6 is 11.8 Å². The summed E-state index contributed by atoms with van der Waals surface area (Å²) < 4.78 is 11.6. The second-order valence-corrected chi connectivity index (χ2v) is 11.5. The second-order valence-electron chi connectivity index (χ2n) is 9.78. The fraction of sp³-hybridized carbons (Fsp3) is 0.810. The van der Waals surface area contributed by atoms with Gasteiger partial charge < -0.3 is 14.4 Å². The van der Waals surface area contributed by atoms with Gasteiger partial charge in [0.2, 0.25) is 6.79 Å². The maximum Gasteiger partial charge on any atom is 0.333 e. The third-order valence-corrected chi connectivity index (χ3v) is 7.46. The molecule has 30 heavy (non-hydrogen) atoms. The predicted octanol–water partition coefficient (Wildman–Crippen LogP) is 2.01. The molecule has 0 aromatic carbocycles. The van der Waals surface area contributed by atoms with E-state index in [0.29, 0.717) is 0 Å². The number of amides is 1. The summed E-state index contributed by atoms with van der Waals surface area (Å²) in [5, 5.41) is 2.01. The molecule has 3 rings (SSSR count). The number of carbonyl (C=O) groups excluding carboxylic acids is 3. The number of β-lactam (4-membered cyclic amide) rings is 1. The summed E-state index contributed by atoms with van der Waals surface area (Å²) in [7, 11) is 0. The number of nitrogens with zero attached hydrogens (tertiary/aromatic N) is 3. The van der Waals surface area contributed by atoms with Crippen molar-refractivity contribution in [1.82, 2.24) is 9.91 Å². The van der Waals surface area contributed by atoms with Gasteiger partial charge in [-0.25, -0.2) is 4.79 Å². The number of hydrazine groups is 1. The topological polar surface area (TPSA) is 79.2 Å². The molecular weight excluding hydrogens is 406 g/mol. The minimum atomic E-state index is -0.720. The molecule has 168 valence electrons. The quantitative estimate of drug-likeness (QED) is 0.213. The van der Waals surface area contributed by atoms with Crippen molar-refractivity contribution in [1.29, 1.82) is 0 Å². The Morgan fingerprint density at radius 3 is 2.33 bits per heavy atom. The van der Waals surface area contributed by atoms with Gasteiger partial charge in [-0.15, -0.1) is 16.4 Å². The zero-order valence-electron chi connectivity index (χ0n) is 18.7. The van der Waals surface area contributed by atoms with Crippen LogP contribution in [-0.2, 0) is 23.9 Å². The number of fused-ring (bicyclic) bond motifs is 1. The third kappa shape index (κ3) is 4.31. The standard InChI is InChI=1S/C21H34N3O5S/c1-20(2,3)19(27)29-13-28-18(26)15-21(4,5)30-17-14(16(25)24(15)17)22(6)23-11-9-7-8-10-12-23/h14-15,17H,6-13H2,1-5H3/q+1/t14-,15+,17-/m1/s1. The molecule has 0 aliphatic carbocycles. The molecule has 3 atom stereocenters. The molecule has 3 fully saturated rings. The summed E-state index contributed by atoms with van der Waals surface area (Å²) in [4.78, 5) is 39.3. The largest absolute Gasteiger partial charge is 0.427 e. The van der Waals surface area contributed by atoms with Crippen molar-refractivity contribution in [3.63, 3.8) is 0 Å². The van der Waals surface area contributed by atoms with Crippen molar-refractivity contribution < 1.29 is 28.5 Å². The molecule has 8 nitrogen and oxygen atoms in total. The molecule has 9 heteroatoms. The molecule has 0 N–H and O–H groups in total. The monoisotopic (exact) mass is 440 g/mol. The van der Waals surface area contributed by atoms with Crippen LogP contribution in [0.2, 0.25) is 0 Å². The molecule has 3 saturated heterocycles. The Balaban J connectivity index is 1.63. The molecule has 0 aromatic heterocycles. The highest BCUT2D eigenvalue weighted by molar-refractivity contribution is 8.01. The molecular formula is C21H34N3O5S+. The van der Waals surface area contributed by atoms with Crippen molar-refractivity contribution in [2.45, 2.75) is 82.5 Å². The Hall–Kier alpha value is -1.77. The summed E-state index contributed by atoms with van der Waals surface area (Å²) in [5.74, 6) is -1.10. The molecule has 0 radical (unpaired) electrons. The van der Waals surface area contributed by atoms with Crippen LogP contribution < -0.4 is 0 Å². The van der Waals surface area contributed by atoms with Crippen LogP contribution in [0.25, 0.3) is 0 Å². The highest BCUT2D eigenvalue weighted by Gasteiger charge is 2.69. The van der Waals surface area contributed by atoms with E-state index in [9.17, 15) is 14.4 Å². The van der Waals surface area contributed by atoms with Crippen LogP contribution in [-0.4, -0.2) is 81.2 Å². The molecule has 0 spiro atoms. The van der Waals surface area contributed by atoms with Crippen molar-refractivity contribution in [3.05, 3.63) is 0 Å². The van der Waals surface area contributed by atoms with E-state index in [1.54, 1.807) is 37.4 Å². The second kappa shape index (κ2) is 8.40. The first-order valence-corrected chi connectivity index (χ1v) is 11.5. The lowest BCUT2D eigenvalue weighted by molar-refractivity contribution is -0.708. The normalized spacial score (nSPS) is 28.3. The number of carbonyl (C=O) groups is 3. The highest BCUT2D eigenvalue weighted by atomic mass is 32.2. The molecule has 3 heterocycles. The third-order valence-electron chi connectivity index (χ3n) is 5.91. The maximum atomic E-state index is 13.0. The van der Waals surface area contributed by atoms with Crippen LogP contribution in [0.3, 0.4) is 0 Å². The molecule has 0 bridgehead atoms. The molecule has 1 amide bonds. The van der Waals surface area contributed by atoms with Crippen LogP contribution in [0.5, 0.6) is 0 Å². The fourth-order valence-electron chi connectivity index (χ4n) is 4.17. The van der Waals surface area contributed by atoms with Crippen molar-refractivity contribution in [2.75, 3.05) is 19.9 Å². The zero-order chi connectivity index (χ0) is 22.3. The molecule has 3 aliphatic heterocycles. The number of thioether (sulfide) groups is 1. The SMILES string of the molecule is C=[N+]([C@@H]1C(=O)N2[C@@H]1SC(C)(C)[C@@H]2C(=O)OCOC(=O)C(C)(C)C)N1CCCCCC1. The Labute approximate surface area is 182 Å². The highest BCUT2D eigenvalue weighted by Crippen LogP contribution is 2.51. The van der Waals surface area contributed by atoms with E-state index in [0.717, 1.165) is 25.9 Å². The van der Waals surface area contributed by atoms with Gasteiger partial charge in [0.05, 0.1) is 18.5 Å². The van der Waals surface area contributed by atoms with Gasteiger partial charge in [-0.05, 0) is 47.5 Å². The zero-order valence-corrected chi connectivity index (χ0v) is 19.5. The van der Waals surface area contributed by atoms with E-state index in [4.69, 9.17) is 9.47 Å². The van der Waals surface area contributed by atoms with Crippen molar-refractivity contribution in [3.8, 4) is 0 Å². The number of esters is 2. The number of hydrazone groups is 1. The van der Waals surface area contributed by atoms with E-state index >= 15 is 0 Å². The van der Waals surface area contributed by atoms with Crippen molar-refractivity contribution in [2.24, 2.45) is 5.41 Å². The van der Waals surface area contributed by atoms with Gasteiger partial charge in [0.25, 0.3) is 11.9 Å². The Kier molecular flexibility index (Phi) is 6.41. The smallest absolute Gasteiger partial charge is 0.333 e. The van der Waals surface area contributed by atoms with E-state index in [2.05, 4.69) is 11.7 Å².